The zero-order chi connectivity index (χ0) is 20.4. The maximum Gasteiger partial charge on any atom is 0.573 e. The minimum atomic E-state index is -4.73. The van der Waals surface area contributed by atoms with Crippen molar-refractivity contribution in [1.29, 1.82) is 0 Å². The molecule has 2 unspecified atom stereocenters. The van der Waals surface area contributed by atoms with Crippen molar-refractivity contribution in [1.82, 2.24) is 10.6 Å². The predicted octanol–water partition coefficient (Wildman–Crippen LogP) is 4.57. The zero-order valence-corrected chi connectivity index (χ0v) is 16.1. The maximum atomic E-state index is 12.5. The Labute approximate surface area is 163 Å². The first-order valence-electron chi connectivity index (χ1n) is 9.15. The molecule has 0 aromatic heterocycles. The number of benzene rings is 2. The van der Waals surface area contributed by atoms with E-state index in [0.29, 0.717) is 17.9 Å². The molecule has 1 aliphatic rings. The molecule has 2 aromatic rings. The molecular weight excluding hydrogens is 369 g/mol. The largest absolute Gasteiger partial charge is 0.573 e. The maximum absolute atomic E-state index is 12.5. The summed E-state index contributed by atoms with van der Waals surface area (Å²) in [6, 6.07) is 14.5. The molecule has 0 radical (unpaired) electrons. The van der Waals surface area contributed by atoms with Gasteiger partial charge in [0.2, 0.25) is 0 Å². The highest BCUT2D eigenvalue weighted by atomic mass is 19.4. The van der Waals surface area contributed by atoms with Gasteiger partial charge < -0.3 is 20.1 Å². The summed E-state index contributed by atoms with van der Waals surface area (Å²) >= 11 is 0. The molecule has 0 bridgehead atoms. The van der Waals surface area contributed by atoms with Crippen LogP contribution in [0.4, 0.5) is 13.2 Å². The Morgan fingerprint density at radius 3 is 2.50 bits per heavy atom. The number of hydrogen-bond acceptors (Lipinski definition) is 4. The molecule has 7 heteroatoms. The second-order valence-electron chi connectivity index (χ2n) is 7.63. The van der Waals surface area contributed by atoms with E-state index in [0.717, 1.165) is 6.42 Å². The number of ether oxygens (including phenoxy) is 2. The lowest BCUT2D eigenvalue weighted by Gasteiger charge is -2.22. The van der Waals surface area contributed by atoms with Crippen LogP contribution in [0.15, 0.2) is 48.5 Å². The Bertz CT molecular complexity index is 794. The smallest absolute Gasteiger partial charge is 0.496 e. The van der Waals surface area contributed by atoms with Gasteiger partial charge in [-0.05, 0) is 44.0 Å². The van der Waals surface area contributed by atoms with E-state index in [-0.39, 0.29) is 23.4 Å². The highest BCUT2D eigenvalue weighted by molar-refractivity contribution is 5.40. The van der Waals surface area contributed by atoms with Gasteiger partial charge in [-0.2, -0.15) is 0 Å². The third-order valence-corrected chi connectivity index (χ3v) is 4.88. The summed E-state index contributed by atoms with van der Waals surface area (Å²) in [5, 5.41) is 7.12. The molecular formula is C21H25F3N2O2. The molecule has 1 saturated heterocycles. The van der Waals surface area contributed by atoms with Crippen LogP contribution >= 0.6 is 0 Å². The van der Waals surface area contributed by atoms with Crippen molar-refractivity contribution in [2.45, 2.75) is 50.8 Å². The molecule has 0 saturated carbocycles. The second kappa shape index (κ2) is 8.01. The van der Waals surface area contributed by atoms with Gasteiger partial charge in [-0.1, -0.05) is 30.3 Å². The molecule has 152 valence electrons. The van der Waals surface area contributed by atoms with E-state index in [4.69, 9.17) is 4.74 Å². The van der Waals surface area contributed by atoms with E-state index in [1.807, 2.05) is 18.2 Å². The summed E-state index contributed by atoms with van der Waals surface area (Å²) in [5.41, 5.74) is 1.73. The lowest BCUT2D eigenvalue weighted by molar-refractivity contribution is -0.274. The fourth-order valence-electron chi connectivity index (χ4n) is 3.75. The first-order chi connectivity index (χ1) is 13.2. The third kappa shape index (κ3) is 5.17. The third-order valence-electron chi connectivity index (χ3n) is 4.88. The van der Waals surface area contributed by atoms with Crippen LogP contribution in [0.3, 0.4) is 0 Å². The van der Waals surface area contributed by atoms with Gasteiger partial charge in [-0.15, -0.1) is 13.2 Å². The van der Waals surface area contributed by atoms with E-state index in [1.165, 1.54) is 30.9 Å². The minimum Gasteiger partial charge on any atom is -0.496 e. The quantitative estimate of drug-likeness (QED) is 0.754. The molecule has 0 spiro atoms. The van der Waals surface area contributed by atoms with E-state index in [9.17, 15) is 13.2 Å². The molecule has 3 rings (SSSR count). The molecule has 1 aliphatic heterocycles. The van der Waals surface area contributed by atoms with Crippen LogP contribution in [-0.2, 0) is 6.54 Å². The van der Waals surface area contributed by atoms with Crippen LogP contribution in [0.1, 0.15) is 37.4 Å². The number of hydrogen-bond donors (Lipinski definition) is 2. The molecule has 0 aliphatic carbocycles. The molecule has 4 nitrogen and oxygen atoms in total. The molecule has 2 atom stereocenters. The summed E-state index contributed by atoms with van der Waals surface area (Å²) in [6.45, 7) is 4.65. The van der Waals surface area contributed by atoms with Gasteiger partial charge in [0, 0.05) is 29.7 Å². The number of methoxy groups -OCH3 is 1. The molecule has 1 heterocycles. The van der Waals surface area contributed by atoms with Gasteiger partial charge >= 0.3 is 6.36 Å². The van der Waals surface area contributed by atoms with Crippen molar-refractivity contribution < 1.29 is 22.6 Å². The Balaban J connectivity index is 1.77. The Hall–Kier alpha value is -2.25. The van der Waals surface area contributed by atoms with Crippen LogP contribution in [0.5, 0.6) is 11.5 Å². The van der Waals surface area contributed by atoms with Crippen LogP contribution in [0, 0.1) is 0 Å². The summed E-state index contributed by atoms with van der Waals surface area (Å²) in [6.07, 6.45) is -3.84. The SMILES string of the molecule is COc1ccc(OC(F)(F)F)cc1CNC1CC(C)(C)NC1c1ccccc1. The van der Waals surface area contributed by atoms with E-state index >= 15 is 0 Å². The number of halogens is 3. The van der Waals surface area contributed by atoms with Crippen LogP contribution in [-0.4, -0.2) is 25.1 Å². The molecule has 2 N–H and O–H groups in total. The van der Waals surface area contributed by atoms with Crippen LogP contribution in [0.2, 0.25) is 0 Å². The number of nitrogens with one attached hydrogen (secondary N) is 2. The Morgan fingerprint density at radius 2 is 1.86 bits per heavy atom. The number of rotatable bonds is 6. The van der Waals surface area contributed by atoms with Crippen molar-refractivity contribution in [2.75, 3.05) is 7.11 Å². The van der Waals surface area contributed by atoms with Gasteiger partial charge in [-0.3, -0.25) is 0 Å². The second-order valence-corrected chi connectivity index (χ2v) is 7.63. The predicted molar refractivity (Wildman–Crippen MR) is 101 cm³/mol. The molecule has 1 fully saturated rings. The van der Waals surface area contributed by atoms with Gasteiger partial charge in [0.15, 0.2) is 0 Å². The average molecular weight is 394 g/mol. The van der Waals surface area contributed by atoms with Gasteiger partial charge in [0.05, 0.1) is 7.11 Å². The standard InChI is InChI=1S/C21H25F3N2O2/c1-20(2)12-17(19(26-20)14-7-5-4-6-8-14)25-13-15-11-16(28-21(22,23)24)9-10-18(15)27-3/h4-11,17,19,25-26H,12-13H2,1-3H3. The Kier molecular flexibility index (Phi) is 5.86. The van der Waals surface area contributed by atoms with Gasteiger partial charge in [0.1, 0.15) is 11.5 Å². The van der Waals surface area contributed by atoms with Crippen molar-refractivity contribution >= 4 is 0 Å². The zero-order valence-electron chi connectivity index (χ0n) is 16.1. The first kappa shape index (κ1) is 20.5. The first-order valence-corrected chi connectivity index (χ1v) is 9.15. The topological polar surface area (TPSA) is 42.5 Å². The van der Waals surface area contributed by atoms with Gasteiger partial charge in [-0.25, -0.2) is 0 Å². The summed E-state index contributed by atoms with van der Waals surface area (Å²) in [4.78, 5) is 0. The van der Waals surface area contributed by atoms with Crippen LogP contribution < -0.4 is 20.1 Å². The van der Waals surface area contributed by atoms with Gasteiger partial charge in [0.25, 0.3) is 0 Å². The van der Waals surface area contributed by atoms with E-state index in [1.54, 1.807) is 0 Å². The fourth-order valence-corrected chi connectivity index (χ4v) is 3.75. The minimum absolute atomic E-state index is 0.0521. The van der Waals surface area contributed by atoms with E-state index < -0.39 is 6.36 Å². The molecule has 28 heavy (non-hydrogen) atoms. The fraction of sp³-hybridized carbons (Fsp3) is 0.429. The van der Waals surface area contributed by atoms with Crippen molar-refractivity contribution in [3.05, 3.63) is 59.7 Å². The molecule has 2 aromatic carbocycles. The average Bonchev–Trinajstić information content (AvgIpc) is 2.94. The highest BCUT2D eigenvalue weighted by Crippen LogP contribution is 2.34. The lowest BCUT2D eigenvalue weighted by atomic mass is 9.97. The normalized spacial score (nSPS) is 21.5. The summed E-state index contributed by atoms with van der Waals surface area (Å²) < 4.78 is 46.9. The Morgan fingerprint density at radius 1 is 1.14 bits per heavy atom. The van der Waals surface area contributed by atoms with E-state index in [2.05, 4.69) is 41.4 Å². The summed E-state index contributed by atoms with van der Waals surface area (Å²) in [5.74, 6) is 0.262. The monoisotopic (exact) mass is 394 g/mol. The highest BCUT2D eigenvalue weighted by Gasteiger charge is 2.39. The summed E-state index contributed by atoms with van der Waals surface area (Å²) in [7, 11) is 1.50. The van der Waals surface area contributed by atoms with Crippen LogP contribution in [0.25, 0.3) is 0 Å². The molecule has 0 amide bonds. The lowest BCUT2D eigenvalue weighted by Crippen LogP contribution is -2.35. The van der Waals surface area contributed by atoms with Crippen molar-refractivity contribution in [3.8, 4) is 11.5 Å². The number of alkyl halides is 3. The van der Waals surface area contributed by atoms with Crippen molar-refractivity contribution in [2.24, 2.45) is 0 Å². The van der Waals surface area contributed by atoms with Crippen molar-refractivity contribution in [3.63, 3.8) is 0 Å².